The van der Waals surface area contributed by atoms with Crippen molar-refractivity contribution in [2.75, 3.05) is 0 Å². The van der Waals surface area contributed by atoms with Gasteiger partial charge in [-0.1, -0.05) is 30.3 Å². The number of ether oxygens (including phenoxy) is 1. The lowest BCUT2D eigenvalue weighted by Gasteiger charge is -2.08. The second-order valence-corrected chi connectivity index (χ2v) is 6.51. The molecule has 2 aromatic carbocycles. The van der Waals surface area contributed by atoms with Crippen LogP contribution in [0.2, 0.25) is 0 Å². The lowest BCUT2D eigenvalue weighted by Crippen LogP contribution is -1.95. The van der Waals surface area contributed by atoms with Gasteiger partial charge in [0.05, 0.1) is 0 Å². The van der Waals surface area contributed by atoms with E-state index in [9.17, 15) is 0 Å². The largest absolute Gasteiger partial charge is 0.489 e. The average Bonchev–Trinajstić information content (AvgIpc) is 3.23. The maximum Gasteiger partial charge on any atom is 0.159 e. The van der Waals surface area contributed by atoms with Gasteiger partial charge >= 0.3 is 0 Å². The van der Waals surface area contributed by atoms with Crippen LogP contribution in [0.3, 0.4) is 0 Å². The summed E-state index contributed by atoms with van der Waals surface area (Å²) >= 11 is 1.74. The Morgan fingerprint density at radius 1 is 0.760 bits per heavy atom. The van der Waals surface area contributed by atoms with Gasteiger partial charge < -0.3 is 4.74 Å². The molecular formula is C21H16N2OS. The van der Waals surface area contributed by atoms with Gasteiger partial charge in [-0.05, 0) is 52.9 Å². The summed E-state index contributed by atoms with van der Waals surface area (Å²) in [4.78, 5) is 9.79. The van der Waals surface area contributed by atoms with Crippen molar-refractivity contribution >= 4 is 11.3 Å². The molecule has 0 bridgehead atoms. The van der Waals surface area contributed by atoms with Crippen molar-refractivity contribution < 1.29 is 4.74 Å². The number of aromatic nitrogens is 2. The molecular weight excluding hydrogens is 328 g/mol. The maximum atomic E-state index is 5.88. The van der Waals surface area contributed by atoms with E-state index in [0.29, 0.717) is 6.61 Å². The SMILES string of the molecule is c1cnc(-c2ccc(COc3ccc(-c4cccs4)cc3)cc2)nc1. The molecule has 0 saturated heterocycles. The molecule has 2 aromatic heterocycles. The molecule has 0 aliphatic heterocycles. The van der Waals surface area contributed by atoms with Gasteiger partial charge in [-0.2, -0.15) is 0 Å². The van der Waals surface area contributed by atoms with Crippen LogP contribution in [0.5, 0.6) is 5.75 Å². The van der Waals surface area contributed by atoms with Crippen molar-refractivity contribution in [3.05, 3.63) is 90.1 Å². The number of rotatable bonds is 5. The first-order valence-electron chi connectivity index (χ1n) is 8.01. The average molecular weight is 344 g/mol. The van der Waals surface area contributed by atoms with Crippen LogP contribution in [0.15, 0.2) is 84.5 Å². The minimum atomic E-state index is 0.536. The molecule has 4 aromatic rings. The van der Waals surface area contributed by atoms with E-state index in [2.05, 4.69) is 39.6 Å². The molecule has 0 spiro atoms. The Hall–Kier alpha value is -2.98. The van der Waals surface area contributed by atoms with Crippen molar-refractivity contribution in [1.29, 1.82) is 0 Å². The lowest BCUT2D eigenvalue weighted by molar-refractivity contribution is 0.306. The predicted octanol–water partition coefficient (Wildman–Crippen LogP) is 5.45. The Morgan fingerprint density at radius 2 is 1.48 bits per heavy atom. The molecule has 25 heavy (non-hydrogen) atoms. The molecule has 0 atom stereocenters. The number of hydrogen-bond donors (Lipinski definition) is 0. The zero-order valence-corrected chi connectivity index (χ0v) is 14.3. The summed E-state index contributed by atoms with van der Waals surface area (Å²) in [6.07, 6.45) is 3.50. The summed E-state index contributed by atoms with van der Waals surface area (Å²) in [7, 11) is 0. The van der Waals surface area contributed by atoms with E-state index in [1.807, 2.05) is 42.5 Å². The number of hydrogen-bond acceptors (Lipinski definition) is 4. The fourth-order valence-corrected chi connectivity index (χ4v) is 3.26. The van der Waals surface area contributed by atoms with Gasteiger partial charge in [-0.3, -0.25) is 0 Å². The van der Waals surface area contributed by atoms with Crippen LogP contribution < -0.4 is 4.74 Å². The quantitative estimate of drug-likeness (QED) is 0.483. The normalized spacial score (nSPS) is 10.6. The monoisotopic (exact) mass is 344 g/mol. The topological polar surface area (TPSA) is 35.0 Å². The highest BCUT2D eigenvalue weighted by atomic mass is 32.1. The van der Waals surface area contributed by atoms with E-state index in [0.717, 1.165) is 22.7 Å². The van der Waals surface area contributed by atoms with Crippen LogP contribution >= 0.6 is 11.3 Å². The van der Waals surface area contributed by atoms with Crippen molar-refractivity contribution in [2.24, 2.45) is 0 Å². The van der Waals surface area contributed by atoms with Gasteiger partial charge in [0.15, 0.2) is 5.82 Å². The predicted molar refractivity (Wildman–Crippen MR) is 102 cm³/mol. The summed E-state index contributed by atoms with van der Waals surface area (Å²) in [6, 6.07) is 22.4. The Kier molecular flexibility index (Phi) is 4.53. The van der Waals surface area contributed by atoms with Crippen LogP contribution in [0.25, 0.3) is 21.8 Å². The zero-order chi connectivity index (χ0) is 16.9. The number of nitrogens with zero attached hydrogens (tertiary/aromatic N) is 2. The Bertz CT molecular complexity index is 918. The van der Waals surface area contributed by atoms with E-state index in [-0.39, 0.29) is 0 Å². The maximum absolute atomic E-state index is 5.88. The standard InChI is InChI=1S/C21H16N2OS/c1-3-20(25-14-1)17-8-10-19(11-9-17)24-15-16-4-6-18(7-5-16)21-22-12-2-13-23-21/h1-14H,15H2. The van der Waals surface area contributed by atoms with Crippen molar-refractivity contribution in [1.82, 2.24) is 9.97 Å². The van der Waals surface area contributed by atoms with Gasteiger partial charge in [0.1, 0.15) is 12.4 Å². The van der Waals surface area contributed by atoms with Crippen molar-refractivity contribution in [3.63, 3.8) is 0 Å². The lowest BCUT2D eigenvalue weighted by atomic mass is 10.1. The van der Waals surface area contributed by atoms with Crippen LogP contribution in [0.1, 0.15) is 5.56 Å². The first-order chi connectivity index (χ1) is 12.4. The third-order valence-electron chi connectivity index (χ3n) is 3.84. The van der Waals surface area contributed by atoms with Crippen LogP contribution in [0, 0.1) is 0 Å². The van der Waals surface area contributed by atoms with Gasteiger partial charge in [0, 0.05) is 22.8 Å². The fraction of sp³-hybridized carbons (Fsp3) is 0.0476. The highest BCUT2D eigenvalue weighted by Gasteiger charge is 2.02. The third-order valence-corrected chi connectivity index (χ3v) is 4.76. The van der Waals surface area contributed by atoms with Crippen molar-refractivity contribution in [3.8, 4) is 27.6 Å². The third kappa shape index (κ3) is 3.75. The summed E-state index contributed by atoms with van der Waals surface area (Å²) < 4.78 is 5.88. The first kappa shape index (κ1) is 15.5. The molecule has 0 radical (unpaired) electrons. The molecule has 3 nitrogen and oxygen atoms in total. The molecule has 4 heteroatoms. The van der Waals surface area contributed by atoms with E-state index in [1.54, 1.807) is 23.7 Å². The van der Waals surface area contributed by atoms with E-state index < -0.39 is 0 Å². The highest BCUT2D eigenvalue weighted by molar-refractivity contribution is 7.13. The number of thiophene rings is 1. The summed E-state index contributed by atoms with van der Waals surface area (Å²) in [6.45, 7) is 0.536. The van der Waals surface area contributed by atoms with E-state index >= 15 is 0 Å². The molecule has 122 valence electrons. The van der Waals surface area contributed by atoms with Gasteiger partial charge in [-0.25, -0.2) is 9.97 Å². The molecule has 0 N–H and O–H groups in total. The van der Waals surface area contributed by atoms with Gasteiger partial charge in [0.25, 0.3) is 0 Å². The van der Waals surface area contributed by atoms with Crippen LogP contribution in [-0.2, 0) is 6.61 Å². The second-order valence-electron chi connectivity index (χ2n) is 5.56. The van der Waals surface area contributed by atoms with Crippen LogP contribution in [0.4, 0.5) is 0 Å². The highest BCUT2D eigenvalue weighted by Crippen LogP contribution is 2.26. The summed E-state index contributed by atoms with van der Waals surface area (Å²) in [5, 5.41) is 2.09. The Labute approximate surface area is 150 Å². The minimum Gasteiger partial charge on any atom is -0.489 e. The van der Waals surface area contributed by atoms with E-state index in [1.165, 1.54) is 10.4 Å². The van der Waals surface area contributed by atoms with Crippen molar-refractivity contribution in [2.45, 2.75) is 6.61 Å². The molecule has 0 aliphatic rings. The molecule has 0 saturated carbocycles. The summed E-state index contributed by atoms with van der Waals surface area (Å²) in [5.74, 6) is 1.61. The van der Waals surface area contributed by atoms with Crippen LogP contribution in [-0.4, -0.2) is 9.97 Å². The number of benzene rings is 2. The molecule has 0 fully saturated rings. The fourth-order valence-electron chi connectivity index (χ4n) is 2.52. The van der Waals surface area contributed by atoms with E-state index in [4.69, 9.17) is 4.74 Å². The first-order valence-corrected chi connectivity index (χ1v) is 8.89. The molecule has 2 heterocycles. The molecule has 0 aliphatic carbocycles. The van der Waals surface area contributed by atoms with Gasteiger partial charge in [-0.15, -0.1) is 11.3 Å². The minimum absolute atomic E-state index is 0.536. The molecule has 4 rings (SSSR count). The Balaban J connectivity index is 1.40. The smallest absolute Gasteiger partial charge is 0.159 e. The Morgan fingerprint density at radius 3 is 2.16 bits per heavy atom. The van der Waals surface area contributed by atoms with Gasteiger partial charge in [0.2, 0.25) is 0 Å². The molecule has 0 unspecified atom stereocenters. The second kappa shape index (κ2) is 7.28. The summed E-state index contributed by atoms with van der Waals surface area (Å²) in [5.41, 5.74) is 3.33. The zero-order valence-electron chi connectivity index (χ0n) is 13.5. The molecule has 0 amide bonds.